The number of halogens is 2. The summed E-state index contributed by atoms with van der Waals surface area (Å²) in [5.41, 5.74) is 2.17. The lowest BCUT2D eigenvalue weighted by Gasteiger charge is -1.90. The first-order valence-electron chi connectivity index (χ1n) is 6.37. The van der Waals surface area contributed by atoms with Gasteiger partial charge in [0.1, 0.15) is 28.8 Å². The minimum atomic E-state index is -0.551. The van der Waals surface area contributed by atoms with Crippen molar-refractivity contribution in [1.29, 1.82) is 0 Å². The van der Waals surface area contributed by atoms with Crippen molar-refractivity contribution in [2.75, 3.05) is 0 Å². The van der Waals surface area contributed by atoms with Crippen LogP contribution >= 0.6 is 11.3 Å². The Morgan fingerprint density at radius 2 is 2.14 bits per heavy atom. The van der Waals surface area contributed by atoms with Crippen LogP contribution in [0.15, 0.2) is 29.9 Å². The van der Waals surface area contributed by atoms with Gasteiger partial charge >= 0.3 is 0 Å². The van der Waals surface area contributed by atoms with Crippen LogP contribution in [0.4, 0.5) is 8.78 Å². The predicted molar refractivity (Wildman–Crippen MR) is 77.3 cm³/mol. The molecule has 0 atom stereocenters. The Morgan fingerprint density at radius 1 is 1.24 bits per heavy atom. The second-order valence-electron chi connectivity index (χ2n) is 4.41. The van der Waals surface area contributed by atoms with E-state index < -0.39 is 6.67 Å². The molecule has 3 nitrogen and oxygen atoms in total. The van der Waals surface area contributed by atoms with Gasteiger partial charge < -0.3 is 4.40 Å². The van der Waals surface area contributed by atoms with Gasteiger partial charge in [-0.25, -0.2) is 18.7 Å². The van der Waals surface area contributed by atoms with Gasteiger partial charge in [0.2, 0.25) is 0 Å². The van der Waals surface area contributed by atoms with Crippen molar-refractivity contribution in [2.24, 2.45) is 0 Å². The average Bonchev–Trinajstić information content (AvgIpc) is 3.09. The lowest BCUT2D eigenvalue weighted by Crippen LogP contribution is -1.83. The number of thiazole rings is 1. The molecule has 3 aromatic heterocycles. The molecular weight excluding hydrogens is 292 g/mol. The van der Waals surface area contributed by atoms with Gasteiger partial charge in [-0.3, -0.25) is 0 Å². The van der Waals surface area contributed by atoms with E-state index in [2.05, 4.69) is 21.8 Å². The van der Waals surface area contributed by atoms with Gasteiger partial charge in [-0.2, -0.15) is 0 Å². The van der Waals surface area contributed by atoms with E-state index >= 15 is 0 Å². The third-order valence-corrected chi connectivity index (χ3v) is 3.67. The van der Waals surface area contributed by atoms with Crippen LogP contribution in [-0.4, -0.2) is 14.4 Å². The fourth-order valence-corrected chi connectivity index (χ4v) is 2.48. The molecule has 0 N–H and O–H groups in total. The van der Waals surface area contributed by atoms with Crippen LogP contribution < -0.4 is 0 Å². The summed E-state index contributed by atoms with van der Waals surface area (Å²) < 4.78 is 27.1. The molecule has 0 saturated carbocycles. The first kappa shape index (κ1) is 13.7. The average molecular weight is 303 g/mol. The number of fused-ring (bicyclic) bond motifs is 1. The normalized spacial score (nSPS) is 10.6. The van der Waals surface area contributed by atoms with E-state index in [4.69, 9.17) is 0 Å². The number of rotatable bonds is 3. The molecule has 3 rings (SSSR count). The summed E-state index contributed by atoms with van der Waals surface area (Å²) in [5, 5.41) is 2.19. The molecule has 0 aliphatic rings. The molecule has 0 aromatic carbocycles. The third kappa shape index (κ3) is 3.26. The van der Waals surface area contributed by atoms with Crippen LogP contribution in [-0.2, 0) is 13.1 Å². The molecule has 3 heterocycles. The lowest BCUT2D eigenvalue weighted by atomic mass is 10.2. The number of pyridine rings is 1. The fourth-order valence-electron chi connectivity index (χ4n) is 1.91. The molecule has 3 aromatic rings. The summed E-state index contributed by atoms with van der Waals surface area (Å²) in [7, 11) is 0. The first-order valence-corrected chi connectivity index (χ1v) is 7.25. The molecule has 0 fully saturated rings. The molecule has 0 aliphatic heterocycles. The molecule has 6 heteroatoms. The summed E-state index contributed by atoms with van der Waals surface area (Å²) in [6, 6.07) is 3.02. The Hall–Kier alpha value is -2.26. The quantitative estimate of drug-likeness (QED) is 0.694. The summed E-state index contributed by atoms with van der Waals surface area (Å²) in [6.45, 7) is -0.551. The third-order valence-electron chi connectivity index (χ3n) is 2.85. The Labute approximate surface area is 124 Å². The van der Waals surface area contributed by atoms with Gasteiger partial charge in [0, 0.05) is 30.6 Å². The van der Waals surface area contributed by atoms with E-state index in [-0.39, 0.29) is 5.82 Å². The summed E-state index contributed by atoms with van der Waals surface area (Å²) in [5.74, 6) is 5.60. The topological polar surface area (TPSA) is 30.2 Å². The Morgan fingerprint density at radius 3 is 2.95 bits per heavy atom. The number of hydrogen-bond acceptors (Lipinski definition) is 3. The highest BCUT2D eigenvalue weighted by atomic mass is 32.1. The fraction of sp³-hybridized carbons (Fsp3) is 0.200. The zero-order valence-electron chi connectivity index (χ0n) is 11.0. The van der Waals surface area contributed by atoms with Crippen LogP contribution in [0.2, 0.25) is 0 Å². The van der Waals surface area contributed by atoms with Gasteiger partial charge in [0.25, 0.3) is 0 Å². The van der Waals surface area contributed by atoms with Gasteiger partial charge in [0.15, 0.2) is 0 Å². The molecule has 0 aliphatic carbocycles. The van der Waals surface area contributed by atoms with Crippen molar-refractivity contribution < 1.29 is 8.78 Å². The standard InChI is InChI=1S/C15H11F2N3S/c16-7-15-19-13(10-21-15)4-2-1-3-12-9-20-8-11(17)5-6-14(20)18-12/h5-6,8-10H,1,3,7H2. The van der Waals surface area contributed by atoms with Gasteiger partial charge in [-0.1, -0.05) is 5.92 Å². The van der Waals surface area contributed by atoms with E-state index in [1.54, 1.807) is 22.0 Å². The second kappa shape index (κ2) is 6.02. The zero-order valence-corrected chi connectivity index (χ0v) is 11.8. The molecule has 0 spiro atoms. The highest BCUT2D eigenvalue weighted by Crippen LogP contribution is 2.10. The van der Waals surface area contributed by atoms with E-state index in [1.807, 2.05) is 0 Å². The van der Waals surface area contributed by atoms with E-state index in [0.717, 1.165) is 5.69 Å². The minimum absolute atomic E-state index is 0.293. The number of imidazole rings is 1. The van der Waals surface area contributed by atoms with Crippen molar-refractivity contribution in [3.8, 4) is 11.8 Å². The monoisotopic (exact) mass is 303 g/mol. The maximum absolute atomic E-state index is 13.1. The van der Waals surface area contributed by atoms with E-state index in [9.17, 15) is 8.78 Å². The summed E-state index contributed by atoms with van der Waals surface area (Å²) >= 11 is 1.27. The molecular formula is C15H11F2N3S. The molecule has 0 amide bonds. The Bertz CT molecular complexity index is 826. The maximum Gasteiger partial charge on any atom is 0.141 e. The number of alkyl halides is 1. The summed E-state index contributed by atoms with van der Waals surface area (Å²) in [4.78, 5) is 8.41. The highest BCUT2D eigenvalue weighted by molar-refractivity contribution is 7.09. The van der Waals surface area contributed by atoms with Crippen molar-refractivity contribution in [1.82, 2.24) is 14.4 Å². The van der Waals surface area contributed by atoms with Gasteiger partial charge in [-0.15, -0.1) is 11.3 Å². The molecule has 0 unspecified atom stereocenters. The predicted octanol–water partition coefficient (Wildman–Crippen LogP) is 3.38. The number of nitrogens with zero attached hydrogens (tertiary/aromatic N) is 3. The molecule has 0 radical (unpaired) electrons. The highest BCUT2D eigenvalue weighted by Gasteiger charge is 2.02. The van der Waals surface area contributed by atoms with Gasteiger partial charge in [0.05, 0.1) is 5.69 Å². The van der Waals surface area contributed by atoms with Gasteiger partial charge in [-0.05, 0) is 18.1 Å². The molecule has 0 bridgehead atoms. The number of aromatic nitrogens is 3. The van der Waals surface area contributed by atoms with Crippen molar-refractivity contribution in [3.63, 3.8) is 0 Å². The van der Waals surface area contributed by atoms with E-state index in [0.29, 0.717) is 29.2 Å². The van der Waals surface area contributed by atoms with Crippen molar-refractivity contribution in [3.05, 3.63) is 52.1 Å². The largest absolute Gasteiger partial charge is 0.304 e. The van der Waals surface area contributed by atoms with Crippen LogP contribution in [0.3, 0.4) is 0 Å². The smallest absolute Gasteiger partial charge is 0.141 e. The Kier molecular flexibility index (Phi) is 3.93. The zero-order chi connectivity index (χ0) is 14.7. The molecule has 21 heavy (non-hydrogen) atoms. The molecule has 106 valence electrons. The lowest BCUT2D eigenvalue weighted by molar-refractivity contribution is 0.483. The summed E-state index contributed by atoms with van der Waals surface area (Å²) in [6.07, 6.45) is 4.49. The first-order chi connectivity index (χ1) is 10.2. The van der Waals surface area contributed by atoms with Crippen LogP contribution in [0.25, 0.3) is 5.65 Å². The molecule has 0 saturated heterocycles. The van der Waals surface area contributed by atoms with Crippen molar-refractivity contribution >= 4 is 17.0 Å². The SMILES string of the molecule is FCc1nc(C#CCCc2cn3cc(F)ccc3n2)cs1. The van der Waals surface area contributed by atoms with Crippen molar-refractivity contribution in [2.45, 2.75) is 19.5 Å². The maximum atomic E-state index is 13.1. The minimum Gasteiger partial charge on any atom is -0.304 e. The number of hydrogen-bond donors (Lipinski definition) is 0. The number of aryl methyl sites for hydroxylation is 1. The Balaban J connectivity index is 1.64. The second-order valence-corrected chi connectivity index (χ2v) is 5.35. The van der Waals surface area contributed by atoms with Crippen LogP contribution in [0, 0.1) is 17.7 Å². The van der Waals surface area contributed by atoms with E-state index in [1.165, 1.54) is 23.6 Å². The van der Waals surface area contributed by atoms with Crippen LogP contribution in [0.1, 0.15) is 22.8 Å². The van der Waals surface area contributed by atoms with Crippen LogP contribution in [0.5, 0.6) is 0 Å².